The Kier molecular flexibility index (Phi) is 5.16. The molecule has 3 atom stereocenters. The van der Waals surface area contributed by atoms with Crippen molar-refractivity contribution >= 4 is 34.8 Å². The number of hydrogen-bond acceptors (Lipinski definition) is 2. The number of hydrogen-bond donors (Lipinski definition) is 2. The molecule has 0 spiro atoms. The zero-order valence-corrected chi connectivity index (χ0v) is 16.6. The van der Waals surface area contributed by atoms with Gasteiger partial charge in [-0.1, -0.05) is 48.3 Å². The number of anilines is 1. The number of carbonyl (C=O) groups excluding carboxylic acids is 1. The summed E-state index contributed by atoms with van der Waals surface area (Å²) in [7, 11) is 0. The third-order valence-corrected chi connectivity index (χ3v) is 6.13. The number of fused-ring (bicyclic) bond motifs is 3. The van der Waals surface area contributed by atoms with Crippen molar-refractivity contribution in [1.29, 1.82) is 0 Å². The van der Waals surface area contributed by atoms with Crippen LogP contribution in [0.2, 0.25) is 10.0 Å². The SMILES string of the molecule is CCCNC(=O)c1ccc2c(c1)C1C=CCC1C(c1c(Cl)cccc1Cl)N2. The predicted molar refractivity (Wildman–Crippen MR) is 112 cm³/mol. The molecule has 2 aliphatic rings. The van der Waals surface area contributed by atoms with Gasteiger partial charge in [-0.3, -0.25) is 4.79 Å². The summed E-state index contributed by atoms with van der Waals surface area (Å²) in [6.45, 7) is 2.73. The second kappa shape index (κ2) is 7.57. The average Bonchev–Trinajstić information content (AvgIpc) is 3.16. The number of nitrogens with one attached hydrogen (secondary N) is 2. The van der Waals surface area contributed by atoms with Gasteiger partial charge in [-0.15, -0.1) is 0 Å². The summed E-state index contributed by atoms with van der Waals surface area (Å²) in [6.07, 6.45) is 6.34. The maximum Gasteiger partial charge on any atom is 0.251 e. The van der Waals surface area contributed by atoms with Crippen LogP contribution in [0, 0.1) is 5.92 Å². The Morgan fingerprint density at radius 2 is 2.00 bits per heavy atom. The summed E-state index contributed by atoms with van der Waals surface area (Å²) in [5.41, 5.74) is 3.86. The van der Waals surface area contributed by atoms with Crippen LogP contribution in [0.15, 0.2) is 48.6 Å². The number of carbonyl (C=O) groups is 1. The van der Waals surface area contributed by atoms with E-state index in [1.165, 1.54) is 0 Å². The summed E-state index contributed by atoms with van der Waals surface area (Å²) in [6, 6.07) is 11.6. The van der Waals surface area contributed by atoms with Crippen molar-refractivity contribution in [2.75, 3.05) is 11.9 Å². The van der Waals surface area contributed by atoms with Crippen LogP contribution in [0.5, 0.6) is 0 Å². The van der Waals surface area contributed by atoms with Crippen LogP contribution in [-0.2, 0) is 0 Å². The lowest BCUT2D eigenvalue weighted by Gasteiger charge is -2.38. The van der Waals surface area contributed by atoms with Gasteiger partial charge in [-0.2, -0.15) is 0 Å². The van der Waals surface area contributed by atoms with E-state index in [0.717, 1.165) is 29.7 Å². The standard InChI is InChI=1S/C22H22Cl2N2O/c1-2-11-25-22(27)13-9-10-19-16(12-13)14-5-3-6-15(14)21(26-19)20-17(23)7-4-8-18(20)24/h3-5,7-10,12,14-15,21,26H,2,6,11H2,1H3,(H,25,27). The molecule has 4 rings (SSSR count). The molecule has 0 saturated carbocycles. The summed E-state index contributed by atoms with van der Waals surface area (Å²) in [5, 5.41) is 7.96. The fourth-order valence-electron chi connectivity index (χ4n) is 4.17. The smallest absolute Gasteiger partial charge is 0.251 e. The van der Waals surface area contributed by atoms with Crippen LogP contribution in [0.3, 0.4) is 0 Å². The van der Waals surface area contributed by atoms with Gasteiger partial charge in [-0.05, 0) is 54.7 Å². The molecule has 1 heterocycles. The molecule has 1 amide bonds. The van der Waals surface area contributed by atoms with E-state index in [9.17, 15) is 4.79 Å². The molecule has 27 heavy (non-hydrogen) atoms. The van der Waals surface area contributed by atoms with Gasteiger partial charge < -0.3 is 10.6 Å². The first-order valence-electron chi connectivity index (χ1n) is 9.39. The molecule has 2 aromatic rings. The maximum absolute atomic E-state index is 12.4. The van der Waals surface area contributed by atoms with Crippen molar-refractivity contribution in [2.24, 2.45) is 5.92 Å². The monoisotopic (exact) mass is 400 g/mol. The normalized spacial score (nSPS) is 22.7. The molecular weight excluding hydrogens is 379 g/mol. The van der Waals surface area contributed by atoms with E-state index in [2.05, 4.69) is 22.8 Å². The van der Waals surface area contributed by atoms with Crippen molar-refractivity contribution in [3.63, 3.8) is 0 Å². The van der Waals surface area contributed by atoms with Crippen LogP contribution in [0.1, 0.15) is 53.2 Å². The Morgan fingerprint density at radius 3 is 2.74 bits per heavy atom. The summed E-state index contributed by atoms with van der Waals surface area (Å²) >= 11 is 13.0. The molecule has 1 aliphatic heterocycles. The van der Waals surface area contributed by atoms with Gasteiger partial charge in [0, 0.05) is 39.3 Å². The van der Waals surface area contributed by atoms with E-state index < -0.39 is 0 Å². The van der Waals surface area contributed by atoms with Gasteiger partial charge in [0.25, 0.3) is 5.91 Å². The fourth-order valence-corrected chi connectivity index (χ4v) is 4.80. The molecule has 3 nitrogen and oxygen atoms in total. The predicted octanol–water partition coefficient (Wildman–Crippen LogP) is 5.96. The van der Waals surface area contributed by atoms with Crippen molar-refractivity contribution in [3.05, 3.63) is 75.3 Å². The van der Waals surface area contributed by atoms with E-state index in [1.54, 1.807) is 0 Å². The molecule has 2 N–H and O–H groups in total. The van der Waals surface area contributed by atoms with E-state index in [4.69, 9.17) is 23.2 Å². The van der Waals surface area contributed by atoms with Gasteiger partial charge in [0.15, 0.2) is 0 Å². The highest BCUT2D eigenvalue weighted by molar-refractivity contribution is 6.36. The van der Waals surface area contributed by atoms with E-state index in [1.807, 2.05) is 43.3 Å². The number of benzene rings is 2. The van der Waals surface area contributed by atoms with Gasteiger partial charge in [0.1, 0.15) is 0 Å². The largest absolute Gasteiger partial charge is 0.378 e. The lowest BCUT2D eigenvalue weighted by atomic mass is 9.76. The van der Waals surface area contributed by atoms with Crippen molar-refractivity contribution in [2.45, 2.75) is 31.7 Å². The summed E-state index contributed by atoms with van der Waals surface area (Å²) < 4.78 is 0. The lowest BCUT2D eigenvalue weighted by Crippen LogP contribution is -2.30. The lowest BCUT2D eigenvalue weighted by molar-refractivity contribution is 0.0953. The van der Waals surface area contributed by atoms with Gasteiger partial charge >= 0.3 is 0 Å². The molecule has 140 valence electrons. The quantitative estimate of drug-likeness (QED) is 0.621. The third-order valence-electron chi connectivity index (χ3n) is 5.47. The molecule has 0 fully saturated rings. The maximum atomic E-state index is 12.4. The van der Waals surface area contributed by atoms with Crippen molar-refractivity contribution in [3.8, 4) is 0 Å². The van der Waals surface area contributed by atoms with Crippen LogP contribution >= 0.6 is 23.2 Å². The second-order valence-electron chi connectivity index (χ2n) is 7.17. The minimum atomic E-state index is -0.0190. The Bertz CT molecular complexity index is 889. The number of rotatable bonds is 4. The Hall–Kier alpha value is -1.97. The molecule has 0 bridgehead atoms. The summed E-state index contributed by atoms with van der Waals surface area (Å²) in [5.74, 6) is 0.552. The average molecular weight is 401 g/mol. The number of halogens is 2. The van der Waals surface area contributed by atoms with Crippen LogP contribution in [0.4, 0.5) is 5.69 Å². The molecule has 3 unspecified atom stereocenters. The first kappa shape index (κ1) is 18.4. The number of allylic oxidation sites excluding steroid dienone is 2. The molecule has 0 saturated heterocycles. The van der Waals surface area contributed by atoms with Crippen molar-refractivity contribution in [1.82, 2.24) is 5.32 Å². The third kappa shape index (κ3) is 3.35. The fraction of sp³-hybridized carbons (Fsp3) is 0.318. The highest BCUT2D eigenvalue weighted by Gasteiger charge is 2.39. The van der Waals surface area contributed by atoms with Crippen LogP contribution < -0.4 is 10.6 Å². The second-order valence-corrected chi connectivity index (χ2v) is 7.98. The van der Waals surface area contributed by atoms with E-state index in [0.29, 0.717) is 28.1 Å². The van der Waals surface area contributed by atoms with E-state index in [-0.39, 0.29) is 17.9 Å². The van der Waals surface area contributed by atoms with Gasteiger partial charge in [0.2, 0.25) is 0 Å². The molecule has 5 heteroatoms. The zero-order chi connectivity index (χ0) is 19.0. The minimum Gasteiger partial charge on any atom is -0.378 e. The van der Waals surface area contributed by atoms with Crippen LogP contribution in [0.25, 0.3) is 0 Å². The van der Waals surface area contributed by atoms with Gasteiger partial charge in [-0.25, -0.2) is 0 Å². The zero-order valence-electron chi connectivity index (χ0n) is 15.1. The Labute approximate surface area is 169 Å². The highest BCUT2D eigenvalue weighted by Crippen LogP contribution is 2.52. The van der Waals surface area contributed by atoms with E-state index >= 15 is 0 Å². The Morgan fingerprint density at radius 1 is 1.22 bits per heavy atom. The van der Waals surface area contributed by atoms with Crippen LogP contribution in [-0.4, -0.2) is 12.5 Å². The Balaban J connectivity index is 1.72. The van der Waals surface area contributed by atoms with Crippen molar-refractivity contribution < 1.29 is 4.79 Å². The molecule has 1 aliphatic carbocycles. The molecular formula is C22H22Cl2N2O. The number of amides is 1. The minimum absolute atomic E-state index is 0.0190. The summed E-state index contributed by atoms with van der Waals surface area (Å²) in [4.78, 5) is 12.4. The molecule has 0 aromatic heterocycles. The highest BCUT2D eigenvalue weighted by atomic mass is 35.5. The first-order valence-corrected chi connectivity index (χ1v) is 10.1. The van der Waals surface area contributed by atoms with Gasteiger partial charge in [0.05, 0.1) is 6.04 Å². The molecule has 2 aromatic carbocycles. The first-order chi connectivity index (χ1) is 13.1. The topological polar surface area (TPSA) is 41.1 Å². The molecule has 0 radical (unpaired) electrons.